The second kappa shape index (κ2) is 9.72. The molecular weight excluding hydrogens is 407 g/mol. The summed E-state index contributed by atoms with van der Waals surface area (Å²) in [4.78, 5) is 25.6. The number of carbonyl (C=O) groups excluding carboxylic acids is 1. The minimum atomic E-state index is -0.937. The second-order valence-electron chi connectivity index (χ2n) is 9.61. The molecule has 0 spiro atoms. The van der Waals surface area contributed by atoms with E-state index < -0.39 is 11.8 Å². The Bertz CT molecular complexity index is 1010. The lowest BCUT2D eigenvalue weighted by molar-refractivity contribution is -0.137. The summed E-state index contributed by atoms with van der Waals surface area (Å²) in [5.41, 5.74) is 5.37. The van der Waals surface area contributed by atoms with Crippen LogP contribution in [0.5, 0.6) is 0 Å². The third-order valence-electron chi connectivity index (χ3n) is 6.13. The highest BCUT2D eigenvalue weighted by atomic mass is 19.1. The van der Waals surface area contributed by atoms with Crippen LogP contribution in [0.4, 0.5) is 15.8 Å². The fourth-order valence-electron chi connectivity index (χ4n) is 4.07. The van der Waals surface area contributed by atoms with Crippen molar-refractivity contribution in [1.82, 2.24) is 0 Å². The Morgan fingerprint density at radius 3 is 2.53 bits per heavy atom. The summed E-state index contributed by atoms with van der Waals surface area (Å²) in [5, 5.41) is 12.1. The van der Waals surface area contributed by atoms with Crippen molar-refractivity contribution < 1.29 is 19.1 Å². The molecule has 0 bridgehead atoms. The van der Waals surface area contributed by atoms with Crippen LogP contribution in [0.3, 0.4) is 0 Å². The van der Waals surface area contributed by atoms with Gasteiger partial charge < -0.3 is 15.3 Å². The SMILES string of the molecule is Cc1c(CNc2ccc(CCC(=O)O)c(F)c2)ccc2c1N(CC(=O)C(C)(C)C)CCC2. The molecule has 0 radical (unpaired) electrons. The van der Waals surface area contributed by atoms with Crippen LogP contribution >= 0.6 is 0 Å². The fraction of sp³-hybridized carbons (Fsp3) is 0.462. The molecule has 172 valence electrons. The minimum Gasteiger partial charge on any atom is -0.481 e. The first-order valence-electron chi connectivity index (χ1n) is 11.2. The van der Waals surface area contributed by atoms with E-state index in [1.807, 2.05) is 20.8 Å². The highest BCUT2D eigenvalue weighted by molar-refractivity contribution is 5.88. The molecule has 2 aromatic rings. The number of rotatable bonds is 8. The zero-order chi connectivity index (χ0) is 23.5. The lowest BCUT2D eigenvalue weighted by Crippen LogP contribution is -2.39. The number of carbonyl (C=O) groups is 2. The third-order valence-corrected chi connectivity index (χ3v) is 6.13. The lowest BCUT2D eigenvalue weighted by atomic mass is 9.89. The molecule has 0 aliphatic carbocycles. The molecule has 0 aromatic heterocycles. The standard InChI is InChI=1S/C26H33FN2O3/c1-17-20(15-28-21-11-9-18(22(27)14-21)10-12-24(31)32)8-7-19-6-5-13-29(25(17)19)16-23(30)26(2,3)4/h7-9,11,14,28H,5-6,10,12-13,15-16H2,1-4H3,(H,31,32). The quantitative estimate of drug-likeness (QED) is 0.595. The molecule has 0 atom stereocenters. The van der Waals surface area contributed by atoms with Crippen molar-refractivity contribution in [2.75, 3.05) is 23.3 Å². The molecule has 5 nitrogen and oxygen atoms in total. The predicted molar refractivity (Wildman–Crippen MR) is 126 cm³/mol. The number of Topliss-reactive ketones (excluding diaryl/α,β-unsaturated/α-hetero) is 1. The fourth-order valence-corrected chi connectivity index (χ4v) is 4.07. The first kappa shape index (κ1) is 23.8. The molecule has 0 saturated heterocycles. The van der Waals surface area contributed by atoms with Crippen LogP contribution in [0.15, 0.2) is 30.3 Å². The summed E-state index contributed by atoms with van der Waals surface area (Å²) in [5.74, 6) is -1.11. The zero-order valence-electron chi connectivity index (χ0n) is 19.4. The van der Waals surface area contributed by atoms with Gasteiger partial charge in [-0.05, 0) is 60.6 Å². The van der Waals surface area contributed by atoms with Gasteiger partial charge in [0.15, 0.2) is 5.78 Å². The number of ketones is 1. The van der Waals surface area contributed by atoms with Gasteiger partial charge in [-0.3, -0.25) is 9.59 Å². The topological polar surface area (TPSA) is 69.6 Å². The van der Waals surface area contributed by atoms with Gasteiger partial charge in [0.1, 0.15) is 5.82 Å². The summed E-state index contributed by atoms with van der Waals surface area (Å²) in [7, 11) is 0. The Morgan fingerprint density at radius 1 is 1.16 bits per heavy atom. The van der Waals surface area contributed by atoms with E-state index >= 15 is 0 Å². The molecule has 0 saturated carbocycles. The Morgan fingerprint density at radius 2 is 1.88 bits per heavy atom. The molecule has 32 heavy (non-hydrogen) atoms. The van der Waals surface area contributed by atoms with E-state index in [0.29, 0.717) is 24.3 Å². The van der Waals surface area contributed by atoms with Gasteiger partial charge in [-0.25, -0.2) is 4.39 Å². The number of aliphatic carboxylic acids is 1. The molecule has 3 rings (SSSR count). The average Bonchev–Trinajstić information content (AvgIpc) is 2.72. The highest BCUT2D eigenvalue weighted by Crippen LogP contribution is 2.34. The number of hydrogen-bond acceptors (Lipinski definition) is 4. The van der Waals surface area contributed by atoms with Gasteiger partial charge in [0.25, 0.3) is 0 Å². The van der Waals surface area contributed by atoms with Crippen LogP contribution in [-0.2, 0) is 29.0 Å². The molecule has 2 aromatic carbocycles. The number of nitrogens with one attached hydrogen (secondary N) is 1. The van der Waals surface area contributed by atoms with Crippen LogP contribution in [0.1, 0.15) is 55.9 Å². The Kier molecular flexibility index (Phi) is 7.22. The molecule has 0 amide bonds. The summed E-state index contributed by atoms with van der Waals surface area (Å²) in [6, 6.07) is 9.08. The lowest BCUT2D eigenvalue weighted by Gasteiger charge is -2.35. The minimum absolute atomic E-state index is 0.0910. The maximum absolute atomic E-state index is 14.3. The maximum atomic E-state index is 14.3. The maximum Gasteiger partial charge on any atom is 0.303 e. The summed E-state index contributed by atoms with van der Waals surface area (Å²) < 4.78 is 14.3. The third kappa shape index (κ3) is 5.67. The van der Waals surface area contributed by atoms with E-state index in [-0.39, 0.29) is 24.0 Å². The predicted octanol–water partition coefficient (Wildman–Crippen LogP) is 5.13. The van der Waals surface area contributed by atoms with Crippen LogP contribution in [-0.4, -0.2) is 29.9 Å². The monoisotopic (exact) mass is 440 g/mol. The van der Waals surface area contributed by atoms with Gasteiger partial charge in [0, 0.05) is 36.3 Å². The van der Waals surface area contributed by atoms with Crippen molar-refractivity contribution in [3.05, 3.63) is 58.4 Å². The molecular formula is C26H33FN2O3. The van der Waals surface area contributed by atoms with E-state index in [1.54, 1.807) is 12.1 Å². The number of carboxylic acids is 1. The van der Waals surface area contributed by atoms with Crippen molar-refractivity contribution in [2.24, 2.45) is 5.41 Å². The van der Waals surface area contributed by atoms with Crippen LogP contribution in [0.25, 0.3) is 0 Å². The van der Waals surface area contributed by atoms with Crippen LogP contribution < -0.4 is 10.2 Å². The van der Waals surface area contributed by atoms with Gasteiger partial charge in [0.2, 0.25) is 0 Å². The van der Waals surface area contributed by atoms with E-state index in [4.69, 9.17) is 5.11 Å². The van der Waals surface area contributed by atoms with Crippen molar-refractivity contribution >= 4 is 23.1 Å². The molecule has 0 fully saturated rings. The van der Waals surface area contributed by atoms with Gasteiger partial charge in [-0.2, -0.15) is 0 Å². The molecule has 1 aliphatic rings. The van der Waals surface area contributed by atoms with E-state index in [1.165, 1.54) is 11.6 Å². The van der Waals surface area contributed by atoms with Crippen molar-refractivity contribution in [3.63, 3.8) is 0 Å². The average molecular weight is 441 g/mol. The first-order valence-corrected chi connectivity index (χ1v) is 11.2. The van der Waals surface area contributed by atoms with Gasteiger partial charge in [-0.15, -0.1) is 0 Å². The smallest absolute Gasteiger partial charge is 0.303 e. The molecule has 6 heteroatoms. The van der Waals surface area contributed by atoms with Crippen molar-refractivity contribution in [3.8, 4) is 0 Å². The van der Waals surface area contributed by atoms with Gasteiger partial charge in [0.05, 0.1) is 6.54 Å². The van der Waals surface area contributed by atoms with Crippen molar-refractivity contribution in [1.29, 1.82) is 0 Å². The number of hydrogen-bond donors (Lipinski definition) is 2. The number of nitrogens with zero attached hydrogens (tertiary/aromatic N) is 1. The van der Waals surface area contributed by atoms with E-state index in [0.717, 1.165) is 36.2 Å². The highest BCUT2D eigenvalue weighted by Gasteiger charge is 2.27. The number of aryl methyl sites for hydroxylation is 2. The Labute approximate surface area is 189 Å². The Balaban J connectivity index is 1.75. The molecule has 1 heterocycles. The van der Waals surface area contributed by atoms with Gasteiger partial charge in [-0.1, -0.05) is 39.0 Å². The van der Waals surface area contributed by atoms with Gasteiger partial charge >= 0.3 is 5.97 Å². The number of fused-ring (bicyclic) bond motifs is 1. The first-order chi connectivity index (χ1) is 15.1. The molecule has 2 N–H and O–H groups in total. The number of halogens is 1. The summed E-state index contributed by atoms with van der Waals surface area (Å²) >= 11 is 0. The van der Waals surface area contributed by atoms with Crippen LogP contribution in [0.2, 0.25) is 0 Å². The second-order valence-corrected chi connectivity index (χ2v) is 9.61. The zero-order valence-corrected chi connectivity index (χ0v) is 19.4. The molecule has 1 aliphatic heterocycles. The largest absolute Gasteiger partial charge is 0.481 e. The van der Waals surface area contributed by atoms with Crippen molar-refractivity contribution in [2.45, 2.75) is 59.9 Å². The van der Waals surface area contributed by atoms with Crippen LogP contribution in [0, 0.1) is 18.2 Å². The number of benzene rings is 2. The normalized spacial score (nSPS) is 13.6. The Hall–Kier alpha value is -2.89. The van der Waals surface area contributed by atoms with E-state index in [2.05, 4.69) is 29.3 Å². The molecule has 0 unspecified atom stereocenters. The summed E-state index contributed by atoms with van der Waals surface area (Å²) in [6.07, 6.45) is 2.13. The number of carboxylic acid groups (broad SMARTS) is 1. The summed E-state index contributed by atoms with van der Waals surface area (Å²) in [6.45, 7) is 9.78. The number of anilines is 2. The van der Waals surface area contributed by atoms with E-state index in [9.17, 15) is 14.0 Å².